The molecule has 5 heteroatoms. The van der Waals surface area contributed by atoms with Gasteiger partial charge in [-0.1, -0.05) is 15.9 Å². The Hall–Kier alpha value is -1.62. The van der Waals surface area contributed by atoms with Crippen molar-refractivity contribution < 1.29 is 4.39 Å². The van der Waals surface area contributed by atoms with E-state index in [1.54, 1.807) is 24.4 Å². The Labute approximate surface area is 107 Å². The van der Waals surface area contributed by atoms with Gasteiger partial charge in [0, 0.05) is 22.4 Å². The largest absolute Gasteiger partial charge is 0.398 e. The zero-order valence-corrected chi connectivity index (χ0v) is 10.8. The molecule has 0 radical (unpaired) electrons. The van der Waals surface area contributed by atoms with Crippen LogP contribution in [-0.2, 0) is 0 Å². The lowest BCUT2D eigenvalue weighted by Gasteiger charge is -2.08. The van der Waals surface area contributed by atoms with Crippen molar-refractivity contribution >= 4 is 33.1 Å². The molecule has 0 aliphatic rings. The first kappa shape index (κ1) is 11.9. The third-order valence-corrected chi connectivity index (χ3v) is 2.83. The summed E-state index contributed by atoms with van der Waals surface area (Å²) in [6.45, 7) is 1.87. The van der Waals surface area contributed by atoms with Crippen molar-refractivity contribution in [3.63, 3.8) is 0 Å². The highest BCUT2D eigenvalue weighted by atomic mass is 79.9. The normalized spacial score (nSPS) is 10.3. The first-order valence-corrected chi connectivity index (χ1v) is 5.80. The Morgan fingerprint density at radius 3 is 2.82 bits per heavy atom. The molecule has 0 bridgehead atoms. The summed E-state index contributed by atoms with van der Waals surface area (Å²) in [5.41, 5.74) is 7.63. The van der Waals surface area contributed by atoms with Crippen molar-refractivity contribution in [2.45, 2.75) is 6.92 Å². The highest BCUT2D eigenvalue weighted by Crippen LogP contribution is 2.24. The van der Waals surface area contributed by atoms with Gasteiger partial charge in [0.05, 0.1) is 5.69 Å². The first-order valence-electron chi connectivity index (χ1n) is 5.00. The van der Waals surface area contributed by atoms with E-state index in [1.807, 2.05) is 6.92 Å². The molecule has 1 aromatic carbocycles. The van der Waals surface area contributed by atoms with Crippen molar-refractivity contribution in [1.82, 2.24) is 4.98 Å². The lowest BCUT2D eigenvalue weighted by Crippen LogP contribution is -1.99. The first-order chi connectivity index (χ1) is 8.06. The minimum absolute atomic E-state index is 0.339. The molecule has 88 valence electrons. The van der Waals surface area contributed by atoms with Gasteiger partial charge in [-0.3, -0.25) is 0 Å². The standard InChI is InChI=1S/C12H11BrFN3/c1-7-6-16-12(5-10(7)15)17-11-4-8(13)2-3-9(11)14/h2-6H,1H3,(H3,15,16,17). The maximum absolute atomic E-state index is 13.5. The summed E-state index contributed by atoms with van der Waals surface area (Å²) in [6.07, 6.45) is 1.65. The number of rotatable bonds is 2. The number of aryl methyl sites for hydroxylation is 1. The molecule has 0 atom stereocenters. The van der Waals surface area contributed by atoms with E-state index in [-0.39, 0.29) is 5.82 Å². The summed E-state index contributed by atoms with van der Waals surface area (Å²) in [7, 11) is 0. The fourth-order valence-corrected chi connectivity index (χ4v) is 1.70. The summed E-state index contributed by atoms with van der Waals surface area (Å²) in [5.74, 6) is 0.180. The number of nitrogens with one attached hydrogen (secondary N) is 1. The van der Waals surface area contributed by atoms with E-state index in [9.17, 15) is 4.39 Å². The average molecular weight is 296 g/mol. The quantitative estimate of drug-likeness (QED) is 0.890. The van der Waals surface area contributed by atoms with Crippen LogP contribution in [0.15, 0.2) is 34.9 Å². The summed E-state index contributed by atoms with van der Waals surface area (Å²) < 4.78 is 14.3. The fourth-order valence-electron chi connectivity index (χ4n) is 1.34. The van der Waals surface area contributed by atoms with E-state index in [0.29, 0.717) is 17.2 Å². The Bertz CT molecular complexity index is 557. The Balaban J connectivity index is 2.31. The fraction of sp³-hybridized carbons (Fsp3) is 0.0833. The third kappa shape index (κ3) is 2.74. The number of nitrogens with zero attached hydrogens (tertiary/aromatic N) is 1. The monoisotopic (exact) mass is 295 g/mol. The van der Waals surface area contributed by atoms with Gasteiger partial charge in [0.15, 0.2) is 0 Å². The molecule has 0 amide bonds. The van der Waals surface area contributed by atoms with Crippen LogP contribution in [0, 0.1) is 12.7 Å². The molecular weight excluding hydrogens is 285 g/mol. The van der Waals surface area contributed by atoms with Crippen LogP contribution in [0.3, 0.4) is 0 Å². The van der Waals surface area contributed by atoms with Gasteiger partial charge in [-0.15, -0.1) is 0 Å². The van der Waals surface area contributed by atoms with E-state index in [0.717, 1.165) is 10.0 Å². The molecule has 0 saturated carbocycles. The Morgan fingerprint density at radius 2 is 2.12 bits per heavy atom. The maximum atomic E-state index is 13.5. The van der Waals surface area contributed by atoms with Crippen molar-refractivity contribution in [3.05, 3.63) is 46.3 Å². The van der Waals surface area contributed by atoms with Crippen LogP contribution in [0.5, 0.6) is 0 Å². The number of pyridine rings is 1. The number of nitrogens with two attached hydrogens (primary N) is 1. The second kappa shape index (κ2) is 4.71. The molecule has 1 heterocycles. The van der Waals surface area contributed by atoms with Crippen molar-refractivity contribution in [1.29, 1.82) is 0 Å². The lowest BCUT2D eigenvalue weighted by atomic mass is 10.2. The molecule has 3 nitrogen and oxygen atoms in total. The summed E-state index contributed by atoms with van der Waals surface area (Å²) in [6, 6.07) is 6.34. The summed E-state index contributed by atoms with van der Waals surface area (Å²) in [4.78, 5) is 4.13. The van der Waals surface area contributed by atoms with E-state index in [2.05, 4.69) is 26.2 Å². The van der Waals surface area contributed by atoms with E-state index < -0.39 is 0 Å². The van der Waals surface area contributed by atoms with Gasteiger partial charge in [-0.2, -0.15) is 0 Å². The Morgan fingerprint density at radius 1 is 1.35 bits per heavy atom. The topological polar surface area (TPSA) is 50.9 Å². The molecule has 2 rings (SSSR count). The highest BCUT2D eigenvalue weighted by molar-refractivity contribution is 9.10. The van der Waals surface area contributed by atoms with Gasteiger partial charge in [0.1, 0.15) is 11.6 Å². The SMILES string of the molecule is Cc1cnc(Nc2cc(Br)ccc2F)cc1N. The van der Waals surface area contributed by atoms with Crippen molar-refractivity contribution in [2.75, 3.05) is 11.1 Å². The van der Waals surface area contributed by atoms with Crippen LogP contribution in [0.2, 0.25) is 0 Å². The molecule has 17 heavy (non-hydrogen) atoms. The molecule has 3 N–H and O–H groups in total. The number of nitrogen functional groups attached to an aromatic ring is 1. The van der Waals surface area contributed by atoms with E-state index in [4.69, 9.17) is 5.73 Å². The van der Waals surface area contributed by atoms with Gasteiger partial charge in [0.2, 0.25) is 0 Å². The molecule has 0 unspecified atom stereocenters. The van der Waals surface area contributed by atoms with Crippen LogP contribution in [0.4, 0.5) is 21.6 Å². The predicted molar refractivity (Wildman–Crippen MR) is 70.8 cm³/mol. The van der Waals surface area contributed by atoms with Crippen LogP contribution in [0.1, 0.15) is 5.56 Å². The maximum Gasteiger partial charge on any atom is 0.146 e. The molecule has 1 aromatic heterocycles. The number of aromatic nitrogens is 1. The molecule has 0 saturated heterocycles. The van der Waals surface area contributed by atoms with Crippen LogP contribution in [-0.4, -0.2) is 4.98 Å². The third-order valence-electron chi connectivity index (χ3n) is 2.34. The van der Waals surface area contributed by atoms with Crippen LogP contribution >= 0.6 is 15.9 Å². The average Bonchev–Trinajstić information content (AvgIpc) is 2.29. The summed E-state index contributed by atoms with van der Waals surface area (Å²) >= 11 is 3.28. The van der Waals surface area contributed by atoms with Gasteiger partial charge in [-0.25, -0.2) is 9.37 Å². The minimum atomic E-state index is -0.339. The second-order valence-electron chi connectivity index (χ2n) is 3.68. The number of hydrogen-bond donors (Lipinski definition) is 2. The zero-order chi connectivity index (χ0) is 12.4. The van der Waals surface area contributed by atoms with Crippen LogP contribution < -0.4 is 11.1 Å². The predicted octanol–water partition coefficient (Wildman–Crippen LogP) is 3.62. The smallest absolute Gasteiger partial charge is 0.146 e. The zero-order valence-electron chi connectivity index (χ0n) is 9.17. The lowest BCUT2D eigenvalue weighted by molar-refractivity contribution is 0.631. The number of anilines is 3. The van der Waals surface area contributed by atoms with Gasteiger partial charge >= 0.3 is 0 Å². The highest BCUT2D eigenvalue weighted by Gasteiger charge is 2.04. The van der Waals surface area contributed by atoms with Crippen molar-refractivity contribution in [2.24, 2.45) is 0 Å². The molecule has 0 aliphatic heterocycles. The van der Waals surface area contributed by atoms with E-state index in [1.165, 1.54) is 6.07 Å². The number of hydrogen-bond acceptors (Lipinski definition) is 3. The van der Waals surface area contributed by atoms with Gasteiger partial charge < -0.3 is 11.1 Å². The Kier molecular flexibility index (Phi) is 3.28. The van der Waals surface area contributed by atoms with E-state index >= 15 is 0 Å². The minimum Gasteiger partial charge on any atom is -0.398 e. The summed E-state index contributed by atoms with van der Waals surface area (Å²) in [5, 5.41) is 2.88. The second-order valence-corrected chi connectivity index (χ2v) is 4.59. The van der Waals surface area contributed by atoms with Crippen molar-refractivity contribution in [3.8, 4) is 0 Å². The van der Waals surface area contributed by atoms with Gasteiger partial charge in [0.25, 0.3) is 0 Å². The molecule has 0 spiro atoms. The molecule has 0 aliphatic carbocycles. The molecule has 0 fully saturated rings. The number of benzene rings is 1. The molecule has 2 aromatic rings. The number of halogens is 2. The van der Waals surface area contributed by atoms with Gasteiger partial charge in [-0.05, 0) is 30.7 Å². The van der Waals surface area contributed by atoms with Crippen LogP contribution in [0.25, 0.3) is 0 Å². The molecular formula is C12H11BrFN3.